The summed E-state index contributed by atoms with van der Waals surface area (Å²) in [5, 5.41) is 23.9. The van der Waals surface area contributed by atoms with Gasteiger partial charge in [0, 0.05) is 6.42 Å². The highest BCUT2D eigenvalue weighted by molar-refractivity contribution is 5.77. The van der Waals surface area contributed by atoms with E-state index in [4.69, 9.17) is 4.74 Å². The van der Waals surface area contributed by atoms with Gasteiger partial charge in [-0.2, -0.15) is 0 Å². The van der Waals surface area contributed by atoms with Crippen molar-refractivity contribution in [3.63, 3.8) is 0 Å². The first kappa shape index (κ1) is 61.6. The van der Waals surface area contributed by atoms with Crippen LogP contribution in [0.1, 0.15) is 271 Å². The van der Waals surface area contributed by atoms with E-state index in [0.717, 1.165) is 89.9 Å². The lowest BCUT2D eigenvalue weighted by molar-refractivity contribution is -0.151. The number of hydrogen-bond donors (Lipinski definition) is 3. The predicted octanol–water partition coefficient (Wildman–Crippen LogP) is 16.8. The molecular formula is C58H105NO5. The second-order valence-corrected chi connectivity index (χ2v) is 18.7. The molecule has 6 nitrogen and oxygen atoms in total. The summed E-state index contributed by atoms with van der Waals surface area (Å²) in [5.74, 6) is -0.504. The molecule has 0 rings (SSSR count). The first-order valence-electron chi connectivity index (χ1n) is 27.6. The molecule has 0 aromatic carbocycles. The van der Waals surface area contributed by atoms with Gasteiger partial charge in [-0.05, 0) is 70.6 Å². The fraction of sp³-hybridized carbons (Fsp3) is 0.793. The van der Waals surface area contributed by atoms with Crippen molar-refractivity contribution in [3.8, 4) is 0 Å². The van der Waals surface area contributed by atoms with Crippen molar-refractivity contribution >= 4 is 11.9 Å². The molecule has 0 saturated carbocycles. The number of aliphatic hydroxyl groups is 2. The van der Waals surface area contributed by atoms with Gasteiger partial charge < -0.3 is 20.3 Å². The van der Waals surface area contributed by atoms with Gasteiger partial charge in [0.25, 0.3) is 0 Å². The molecule has 3 atom stereocenters. The normalized spacial score (nSPS) is 13.6. The van der Waals surface area contributed by atoms with Gasteiger partial charge in [-0.25, -0.2) is 0 Å². The number of allylic oxidation sites excluding steroid dienone is 10. The maximum atomic E-state index is 13.2. The van der Waals surface area contributed by atoms with Crippen molar-refractivity contribution < 1.29 is 24.5 Å². The zero-order valence-corrected chi connectivity index (χ0v) is 42.4. The van der Waals surface area contributed by atoms with Crippen molar-refractivity contribution in [3.05, 3.63) is 60.8 Å². The van der Waals surface area contributed by atoms with E-state index in [2.05, 4.69) is 68.6 Å². The van der Waals surface area contributed by atoms with Gasteiger partial charge in [-0.1, -0.05) is 248 Å². The minimum Gasteiger partial charge on any atom is -0.462 e. The van der Waals surface area contributed by atoms with Gasteiger partial charge in [0.15, 0.2) is 0 Å². The molecule has 0 aliphatic heterocycles. The Hall–Kier alpha value is -2.44. The summed E-state index contributed by atoms with van der Waals surface area (Å²) in [6, 6.07) is -0.711. The number of rotatable bonds is 49. The number of aliphatic hydroxyl groups excluding tert-OH is 2. The second kappa shape index (κ2) is 51.5. The maximum absolute atomic E-state index is 13.2. The minimum absolute atomic E-state index is 0.0615. The first-order valence-corrected chi connectivity index (χ1v) is 27.6. The fourth-order valence-corrected chi connectivity index (χ4v) is 8.26. The van der Waals surface area contributed by atoms with Crippen LogP contribution < -0.4 is 5.32 Å². The quantitative estimate of drug-likeness (QED) is 0.0245. The third-order valence-corrected chi connectivity index (χ3v) is 12.4. The fourth-order valence-electron chi connectivity index (χ4n) is 8.26. The zero-order chi connectivity index (χ0) is 46.7. The van der Waals surface area contributed by atoms with Crippen molar-refractivity contribution in [2.45, 2.75) is 289 Å². The number of ether oxygens (including phenoxy) is 1. The molecule has 0 fully saturated rings. The zero-order valence-electron chi connectivity index (χ0n) is 42.4. The topological polar surface area (TPSA) is 95.9 Å². The Morgan fingerprint density at radius 3 is 1.34 bits per heavy atom. The van der Waals surface area contributed by atoms with Gasteiger partial charge in [0.1, 0.15) is 6.10 Å². The molecular weight excluding hydrogens is 791 g/mol. The lowest BCUT2D eigenvalue weighted by Gasteiger charge is -2.24. The third-order valence-electron chi connectivity index (χ3n) is 12.4. The molecule has 3 unspecified atom stereocenters. The molecule has 3 N–H and O–H groups in total. The molecule has 0 aliphatic rings. The number of amides is 1. The van der Waals surface area contributed by atoms with Crippen LogP contribution in [-0.2, 0) is 14.3 Å². The standard InChI is InChI=1S/C58H105NO5/c1-4-7-10-13-16-19-22-25-27-28-30-32-35-38-41-44-47-50-56(61)55(53-60)59-57(62)52-54(49-46-43-40-37-34-31-24-21-18-15-12-9-6-3)64-58(63)51-48-45-42-39-36-33-29-26-23-20-17-14-11-8-5-2/h8,11,14,17,20-21,23-24,26,29,54-56,60-61H,4-7,9-10,12-13,15-16,18-19,22,25,27-28,30-53H2,1-3H3,(H,59,62)/b11-8+,17-14+,23-20+,24-21-,29-26-. The summed E-state index contributed by atoms with van der Waals surface area (Å²) >= 11 is 0. The molecule has 0 radical (unpaired) electrons. The largest absolute Gasteiger partial charge is 0.462 e. The molecule has 1 amide bonds. The third kappa shape index (κ3) is 46.1. The van der Waals surface area contributed by atoms with Gasteiger partial charge >= 0.3 is 5.97 Å². The van der Waals surface area contributed by atoms with Crippen LogP contribution in [0.3, 0.4) is 0 Å². The number of unbranched alkanes of at least 4 members (excludes halogenated alkanes) is 30. The average Bonchev–Trinajstić information content (AvgIpc) is 3.29. The van der Waals surface area contributed by atoms with Crippen LogP contribution >= 0.6 is 0 Å². The van der Waals surface area contributed by atoms with Gasteiger partial charge in [-0.3, -0.25) is 9.59 Å². The van der Waals surface area contributed by atoms with Crippen LogP contribution in [0.5, 0.6) is 0 Å². The SMILES string of the molecule is CC/C=C/C=C/C=C/C=C\CCCCCCCC(=O)OC(CCCCCCC/C=C\CCCCCC)CC(=O)NC(CO)C(O)CCCCCCCCCCCCCCCCCCC. The van der Waals surface area contributed by atoms with Crippen molar-refractivity contribution in [2.24, 2.45) is 0 Å². The predicted molar refractivity (Wildman–Crippen MR) is 278 cm³/mol. The van der Waals surface area contributed by atoms with E-state index in [1.54, 1.807) is 0 Å². The minimum atomic E-state index is -0.796. The number of esters is 1. The summed E-state index contributed by atoms with van der Waals surface area (Å²) in [4.78, 5) is 26.2. The number of hydrogen-bond acceptors (Lipinski definition) is 5. The Morgan fingerprint density at radius 2 is 0.859 bits per heavy atom. The molecule has 0 bridgehead atoms. The van der Waals surface area contributed by atoms with Gasteiger partial charge in [0.05, 0.1) is 25.2 Å². The van der Waals surface area contributed by atoms with E-state index in [-0.39, 0.29) is 24.9 Å². The molecule has 0 saturated heterocycles. The monoisotopic (exact) mass is 896 g/mol. The van der Waals surface area contributed by atoms with E-state index in [1.165, 1.54) is 135 Å². The highest BCUT2D eigenvalue weighted by atomic mass is 16.5. The molecule has 0 aromatic rings. The lowest BCUT2D eigenvalue weighted by Crippen LogP contribution is -2.46. The molecule has 6 heteroatoms. The van der Waals surface area contributed by atoms with Crippen LogP contribution in [0.4, 0.5) is 0 Å². The molecule has 0 aliphatic carbocycles. The average molecular weight is 896 g/mol. The van der Waals surface area contributed by atoms with Crippen LogP contribution in [-0.4, -0.2) is 46.9 Å². The highest BCUT2D eigenvalue weighted by Crippen LogP contribution is 2.18. The van der Waals surface area contributed by atoms with Crippen molar-refractivity contribution in [1.82, 2.24) is 5.32 Å². The van der Waals surface area contributed by atoms with E-state index in [9.17, 15) is 19.8 Å². The van der Waals surface area contributed by atoms with E-state index in [1.807, 2.05) is 18.2 Å². The highest BCUT2D eigenvalue weighted by Gasteiger charge is 2.24. The lowest BCUT2D eigenvalue weighted by atomic mass is 10.0. The maximum Gasteiger partial charge on any atom is 0.306 e. The number of carbonyl (C=O) groups is 2. The molecule has 372 valence electrons. The van der Waals surface area contributed by atoms with Gasteiger partial charge in [-0.15, -0.1) is 0 Å². The van der Waals surface area contributed by atoms with Crippen LogP contribution in [0, 0.1) is 0 Å². The molecule has 0 aromatic heterocycles. The summed E-state index contributed by atoms with van der Waals surface area (Å²) in [5.41, 5.74) is 0. The van der Waals surface area contributed by atoms with Crippen LogP contribution in [0.15, 0.2) is 60.8 Å². The van der Waals surface area contributed by atoms with E-state index >= 15 is 0 Å². The second-order valence-electron chi connectivity index (χ2n) is 18.7. The van der Waals surface area contributed by atoms with E-state index < -0.39 is 18.2 Å². The first-order chi connectivity index (χ1) is 31.5. The van der Waals surface area contributed by atoms with E-state index in [0.29, 0.717) is 19.3 Å². The Bertz CT molecular complexity index is 1140. The molecule has 64 heavy (non-hydrogen) atoms. The number of carbonyl (C=O) groups excluding carboxylic acids is 2. The Labute approximate surface area is 397 Å². The van der Waals surface area contributed by atoms with Crippen molar-refractivity contribution in [1.29, 1.82) is 0 Å². The summed E-state index contributed by atoms with van der Waals surface area (Å²) < 4.78 is 5.93. The number of nitrogens with one attached hydrogen (secondary N) is 1. The van der Waals surface area contributed by atoms with Crippen molar-refractivity contribution in [2.75, 3.05) is 6.61 Å². The Balaban J connectivity index is 4.55. The summed E-state index contributed by atoms with van der Waals surface area (Å²) in [7, 11) is 0. The summed E-state index contributed by atoms with van der Waals surface area (Å²) in [6.45, 7) is 6.34. The Morgan fingerprint density at radius 1 is 0.469 bits per heavy atom. The Kier molecular flexibility index (Phi) is 49.6. The van der Waals surface area contributed by atoms with Crippen LogP contribution in [0.25, 0.3) is 0 Å². The van der Waals surface area contributed by atoms with Gasteiger partial charge in [0.2, 0.25) is 5.91 Å². The molecule has 0 heterocycles. The smallest absolute Gasteiger partial charge is 0.306 e. The summed E-state index contributed by atoms with van der Waals surface area (Å²) in [6.07, 6.45) is 64.2. The van der Waals surface area contributed by atoms with Crippen LogP contribution in [0.2, 0.25) is 0 Å². The molecule has 0 spiro atoms.